The molecule has 0 amide bonds. The lowest BCUT2D eigenvalue weighted by Crippen LogP contribution is -2.20. The Balaban J connectivity index is -0.000000239. The van der Waals surface area contributed by atoms with Crippen LogP contribution in [0.1, 0.15) is 13.8 Å². The maximum absolute atomic E-state index is 11.2. The normalized spacial score (nSPS) is 11.5. The molecule has 0 aromatic carbocycles. The lowest BCUT2D eigenvalue weighted by atomic mass is 10.7. The predicted molar refractivity (Wildman–Crippen MR) is 59.4 cm³/mol. The van der Waals surface area contributed by atoms with Gasteiger partial charge in [0, 0.05) is 6.61 Å². The van der Waals surface area contributed by atoms with Crippen molar-refractivity contribution in [2.24, 2.45) is 0 Å². The summed E-state index contributed by atoms with van der Waals surface area (Å²) < 4.78 is 73.8. The molecule has 0 saturated carbocycles. The first-order chi connectivity index (χ1) is 9.63. The van der Waals surface area contributed by atoms with Gasteiger partial charge in [-0.3, -0.25) is 0 Å². The van der Waals surface area contributed by atoms with Gasteiger partial charge in [-0.2, -0.15) is 8.78 Å². The van der Waals surface area contributed by atoms with E-state index in [2.05, 4.69) is 9.47 Å². The minimum atomic E-state index is -2.99. The van der Waals surface area contributed by atoms with E-state index < -0.39 is 38.1 Å². The summed E-state index contributed by atoms with van der Waals surface area (Å²) in [5.41, 5.74) is 0. The number of hydrogen-bond donors (Lipinski definition) is 2. The first-order valence-corrected chi connectivity index (χ1v) is 5.55. The van der Waals surface area contributed by atoms with Crippen LogP contribution in [0.15, 0.2) is 0 Å². The van der Waals surface area contributed by atoms with Gasteiger partial charge in [0.15, 0.2) is 0 Å². The number of halogens is 6. The monoisotopic (exact) mass is 332 g/mol. The van der Waals surface area contributed by atoms with Crippen molar-refractivity contribution in [3.8, 4) is 0 Å². The summed E-state index contributed by atoms with van der Waals surface area (Å²) in [6.45, 7) is 2.08. The third-order valence-corrected chi connectivity index (χ3v) is 1.16. The molecule has 11 heteroatoms. The van der Waals surface area contributed by atoms with Crippen LogP contribution in [-0.2, 0) is 14.3 Å². The Morgan fingerprint density at radius 1 is 1.05 bits per heavy atom. The Morgan fingerprint density at radius 2 is 1.48 bits per heavy atom. The number of ether oxygens (including phenoxy) is 2. The zero-order valence-corrected chi connectivity index (χ0v) is 11.3. The molecule has 0 radical (unpaired) electrons. The highest BCUT2D eigenvalue weighted by molar-refractivity contribution is 5.72. The fourth-order valence-corrected chi connectivity index (χ4v) is 0.449. The molecule has 1 atom stereocenters. The Kier molecular flexibility index (Phi) is 20.2. The number of esters is 1. The molecule has 0 spiro atoms. The third kappa shape index (κ3) is 24.3. The highest BCUT2D eigenvalue weighted by Crippen LogP contribution is 2.00. The molecule has 0 aromatic heterocycles. The number of hydrogen-bond acceptors (Lipinski definition) is 5. The summed E-state index contributed by atoms with van der Waals surface area (Å²) >= 11 is 0. The van der Waals surface area contributed by atoms with E-state index >= 15 is 0 Å². The maximum atomic E-state index is 11.2. The molecule has 1 unspecified atom stereocenters. The molecule has 0 saturated heterocycles. The summed E-state index contributed by atoms with van der Waals surface area (Å²) in [6.07, 6.45) is -10.3. The van der Waals surface area contributed by atoms with Crippen LogP contribution < -0.4 is 0 Å². The average molecular weight is 332 g/mol. The van der Waals surface area contributed by atoms with Crippen LogP contribution in [0.2, 0.25) is 0 Å². The van der Waals surface area contributed by atoms with E-state index in [0.29, 0.717) is 0 Å². The van der Waals surface area contributed by atoms with Gasteiger partial charge in [0.05, 0.1) is 6.61 Å². The lowest BCUT2D eigenvalue weighted by Gasteiger charge is -2.06. The summed E-state index contributed by atoms with van der Waals surface area (Å²) in [5.74, 6) is -1.45. The number of aliphatic hydroxyl groups is 2. The second kappa shape index (κ2) is 17.0. The topological polar surface area (TPSA) is 76.0 Å². The van der Waals surface area contributed by atoms with Crippen molar-refractivity contribution in [1.82, 2.24) is 0 Å². The Hall–Kier alpha value is -1.07. The molecule has 0 aromatic rings. The molecule has 21 heavy (non-hydrogen) atoms. The molecular weight excluding hydrogens is 314 g/mol. The van der Waals surface area contributed by atoms with Crippen molar-refractivity contribution in [2.75, 3.05) is 19.8 Å². The van der Waals surface area contributed by atoms with E-state index in [-0.39, 0.29) is 13.2 Å². The second-order valence-electron chi connectivity index (χ2n) is 2.81. The Labute approximate surface area is 117 Å². The van der Waals surface area contributed by atoms with Crippen LogP contribution in [0, 0.1) is 0 Å². The molecule has 0 fully saturated rings. The first kappa shape index (κ1) is 24.9. The highest BCUT2D eigenvalue weighted by Gasteiger charge is 2.15. The Morgan fingerprint density at radius 3 is 1.57 bits per heavy atom. The van der Waals surface area contributed by atoms with Crippen molar-refractivity contribution in [2.45, 2.75) is 39.4 Å². The van der Waals surface area contributed by atoms with Gasteiger partial charge in [-0.25, -0.2) is 22.4 Å². The number of alkyl halides is 6. The van der Waals surface area contributed by atoms with Gasteiger partial charge in [-0.15, -0.1) is 0 Å². The van der Waals surface area contributed by atoms with E-state index in [1.54, 1.807) is 0 Å². The lowest BCUT2D eigenvalue weighted by molar-refractivity contribution is -0.172. The van der Waals surface area contributed by atoms with Gasteiger partial charge < -0.3 is 19.7 Å². The molecule has 130 valence electrons. The first-order valence-electron chi connectivity index (χ1n) is 5.55. The standard InChI is InChI=1S/C4H8F2O2.C4H6F2O2.C2H4F2O/c2*1-2-8-4(7)3(5)6;3-2(4)1-5/h3-4,7H,2H2,1H3;3H,2H2,1H3;2,5H,1H2. The number of carbonyl (C=O) groups is 1. The predicted octanol–water partition coefficient (Wildman–Crippen LogP) is 1.66. The van der Waals surface area contributed by atoms with Crippen molar-refractivity contribution in [3.05, 3.63) is 0 Å². The Bertz CT molecular complexity index is 230. The molecule has 0 aliphatic heterocycles. The fraction of sp³-hybridized carbons (Fsp3) is 0.900. The van der Waals surface area contributed by atoms with Crippen LogP contribution in [0.25, 0.3) is 0 Å². The maximum Gasteiger partial charge on any atom is 0.373 e. The van der Waals surface area contributed by atoms with Crippen LogP contribution in [0.4, 0.5) is 26.3 Å². The number of aliphatic hydroxyl groups excluding tert-OH is 2. The van der Waals surface area contributed by atoms with E-state index in [4.69, 9.17) is 10.2 Å². The summed E-state index contributed by atoms with van der Waals surface area (Å²) in [7, 11) is 0. The molecule has 0 heterocycles. The highest BCUT2D eigenvalue weighted by atomic mass is 19.3. The zero-order valence-electron chi connectivity index (χ0n) is 11.3. The van der Waals surface area contributed by atoms with Crippen molar-refractivity contribution in [3.63, 3.8) is 0 Å². The second-order valence-corrected chi connectivity index (χ2v) is 2.81. The van der Waals surface area contributed by atoms with Crippen LogP contribution in [0.5, 0.6) is 0 Å². The SMILES string of the molecule is CCOC(=O)C(F)F.CCOC(O)C(F)F.OCC(F)F. The van der Waals surface area contributed by atoms with Gasteiger partial charge in [-0.05, 0) is 13.8 Å². The largest absolute Gasteiger partial charge is 0.462 e. The van der Waals surface area contributed by atoms with Gasteiger partial charge >= 0.3 is 12.4 Å². The van der Waals surface area contributed by atoms with Gasteiger partial charge in [-0.1, -0.05) is 0 Å². The van der Waals surface area contributed by atoms with E-state index in [1.165, 1.54) is 13.8 Å². The van der Waals surface area contributed by atoms with Gasteiger partial charge in [0.1, 0.15) is 6.61 Å². The zero-order chi connectivity index (χ0) is 17.4. The van der Waals surface area contributed by atoms with Crippen molar-refractivity contribution < 1.29 is 50.8 Å². The third-order valence-electron chi connectivity index (χ3n) is 1.16. The van der Waals surface area contributed by atoms with E-state index in [9.17, 15) is 31.1 Å². The average Bonchev–Trinajstić information content (AvgIpc) is 2.40. The van der Waals surface area contributed by atoms with Crippen molar-refractivity contribution in [1.29, 1.82) is 0 Å². The molecule has 0 aliphatic rings. The summed E-state index contributed by atoms with van der Waals surface area (Å²) in [5, 5.41) is 15.5. The minimum absolute atomic E-state index is 0.00315. The molecule has 0 rings (SSSR count). The molecular formula is C10H18F6O5. The van der Waals surface area contributed by atoms with Gasteiger partial charge in [0.25, 0.3) is 12.9 Å². The minimum Gasteiger partial charge on any atom is -0.462 e. The van der Waals surface area contributed by atoms with Crippen molar-refractivity contribution >= 4 is 5.97 Å². The number of rotatable bonds is 6. The van der Waals surface area contributed by atoms with Crippen LogP contribution in [-0.4, -0.2) is 61.6 Å². The van der Waals surface area contributed by atoms with E-state index in [1.807, 2.05) is 0 Å². The van der Waals surface area contributed by atoms with Crippen LogP contribution >= 0.6 is 0 Å². The van der Waals surface area contributed by atoms with Gasteiger partial charge in [0.2, 0.25) is 6.29 Å². The van der Waals surface area contributed by atoms with Crippen LogP contribution in [0.3, 0.4) is 0 Å². The quantitative estimate of drug-likeness (QED) is 0.440. The fourth-order valence-electron chi connectivity index (χ4n) is 0.449. The molecule has 0 aliphatic carbocycles. The smallest absolute Gasteiger partial charge is 0.373 e. The summed E-state index contributed by atoms with van der Waals surface area (Å²) in [4.78, 5) is 9.77. The molecule has 5 nitrogen and oxygen atoms in total. The molecule has 0 bridgehead atoms. The van der Waals surface area contributed by atoms with E-state index in [0.717, 1.165) is 0 Å². The molecule has 2 N–H and O–H groups in total. The number of carbonyl (C=O) groups excluding carboxylic acids is 1. The summed E-state index contributed by atoms with van der Waals surface area (Å²) in [6, 6.07) is 0.